The number of hydrogen-bond donors (Lipinski definition) is 0. The quantitative estimate of drug-likeness (QED) is 0.672. The Hall–Kier alpha value is -1.05. The van der Waals surface area contributed by atoms with Gasteiger partial charge in [0.05, 0.1) is 0 Å². The van der Waals surface area contributed by atoms with Crippen LogP contribution < -0.4 is 4.90 Å². The predicted octanol–water partition coefficient (Wildman–Crippen LogP) is 2.39. The molecule has 0 saturated heterocycles. The molecule has 1 aromatic rings. The summed E-state index contributed by atoms with van der Waals surface area (Å²) in [5, 5.41) is 0. The molecule has 0 amide bonds. The fourth-order valence-corrected chi connectivity index (χ4v) is 2.65. The van der Waals surface area contributed by atoms with Crippen LogP contribution in [0.4, 0.5) is 5.82 Å². The maximum atomic E-state index is 4.52. The van der Waals surface area contributed by atoms with Gasteiger partial charge in [-0.3, -0.25) is 0 Å². The maximum absolute atomic E-state index is 4.52. The Labute approximate surface area is 85.0 Å². The average molecular weight is 188 g/mol. The van der Waals surface area contributed by atoms with E-state index in [2.05, 4.69) is 28.9 Å². The van der Waals surface area contributed by atoms with Crippen molar-refractivity contribution in [2.45, 2.75) is 44.7 Å². The number of anilines is 1. The molecule has 1 saturated carbocycles. The van der Waals surface area contributed by atoms with Crippen LogP contribution in [0.25, 0.3) is 0 Å². The van der Waals surface area contributed by atoms with Crippen molar-refractivity contribution < 1.29 is 0 Å². The molecule has 2 heterocycles. The summed E-state index contributed by atoms with van der Waals surface area (Å²) in [5.74, 6) is 1.25. The fraction of sp³-hybridized carbons (Fsp3) is 0.583. The van der Waals surface area contributed by atoms with Crippen molar-refractivity contribution in [3.63, 3.8) is 0 Å². The molecule has 2 nitrogen and oxygen atoms in total. The van der Waals surface area contributed by atoms with Gasteiger partial charge in [-0.1, -0.05) is 6.07 Å². The van der Waals surface area contributed by atoms with Crippen LogP contribution in [0.2, 0.25) is 0 Å². The zero-order valence-electron chi connectivity index (χ0n) is 8.61. The van der Waals surface area contributed by atoms with Gasteiger partial charge in [-0.15, -0.1) is 0 Å². The van der Waals surface area contributed by atoms with Crippen LogP contribution in [0.3, 0.4) is 0 Å². The lowest BCUT2D eigenvalue weighted by atomic mass is 9.91. The van der Waals surface area contributed by atoms with Crippen LogP contribution in [0.1, 0.15) is 31.7 Å². The molecule has 1 aliphatic heterocycles. The molecule has 1 atom stereocenters. The van der Waals surface area contributed by atoms with Crippen LogP contribution >= 0.6 is 0 Å². The zero-order valence-corrected chi connectivity index (χ0v) is 8.61. The maximum Gasteiger partial charge on any atom is 0.132 e. The van der Waals surface area contributed by atoms with E-state index >= 15 is 0 Å². The molecule has 1 unspecified atom stereocenters. The van der Waals surface area contributed by atoms with Crippen LogP contribution in [-0.4, -0.2) is 17.1 Å². The first kappa shape index (κ1) is 8.27. The lowest BCUT2D eigenvalue weighted by molar-refractivity contribution is 0.369. The summed E-state index contributed by atoms with van der Waals surface area (Å²) >= 11 is 0. The molecule has 74 valence electrons. The van der Waals surface area contributed by atoms with Crippen molar-refractivity contribution in [2.24, 2.45) is 0 Å². The third-order valence-electron chi connectivity index (χ3n) is 3.57. The largest absolute Gasteiger partial charge is 0.350 e. The van der Waals surface area contributed by atoms with Gasteiger partial charge in [-0.05, 0) is 44.2 Å². The molecule has 0 aromatic carbocycles. The van der Waals surface area contributed by atoms with Gasteiger partial charge >= 0.3 is 0 Å². The SMILES string of the molecule is CC1Cc2cccnc2N1C1CCC1. The first-order valence-electron chi connectivity index (χ1n) is 5.58. The summed E-state index contributed by atoms with van der Waals surface area (Å²) in [6.45, 7) is 2.32. The number of hydrogen-bond acceptors (Lipinski definition) is 2. The van der Waals surface area contributed by atoms with Gasteiger partial charge in [0.25, 0.3) is 0 Å². The van der Waals surface area contributed by atoms with E-state index in [0.29, 0.717) is 6.04 Å². The molecule has 3 rings (SSSR count). The Morgan fingerprint density at radius 3 is 3.00 bits per heavy atom. The molecule has 0 radical (unpaired) electrons. The Kier molecular flexibility index (Phi) is 1.76. The van der Waals surface area contributed by atoms with Crippen molar-refractivity contribution in [3.8, 4) is 0 Å². The third kappa shape index (κ3) is 1.06. The van der Waals surface area contributed by atoms with Gasteiger partial charge in [0, 0.05) is 18.3 Å². The molecule has 0 bridgehead atoms. The minimum Gasteiger partial charge on any atom is -0.350 e. The smallest absolute Gasteiger partial charge is 0.132 e. The highest BCUT2D eigenvalue weighted by Crippen LogP contribution is 2.37. The van der Waals surface area contributed by atoms with Crippen molar-refractivity contribution in [1.29, 1.82) is 0 Å². The van der Waals surface area contributed by atoms with Gasteiger partial charge in [-0.25, -0.2) is 4.98 Å². The van der Waals surface area contributed by atoms with Crippen LogP contribution in [0, 0.1) is 0 Å². The number of rotatable bonds is 1. The minimum absolute atomic E-state index is 0.658. The monoisotopic (exact) mass is 188 g/mol. The first-order valence-corrected chi connectivity index (χ1v) is 5.58. The van der Waals surface area contributed by atoms with Crippen molar-refractivity contribution in [3.05, 3.63) is 23.9 Å². The number of nitrogens with zero attached hydrogens (tertiary/aromatic N) is 2. The normalized spacial score (nSPS) is 26.1. The van der Waals surface area contributed by atoms with Crippen LogP contribution in [-0.2, 0) is 6.42 Å². The Morgan fingerprint density at radius 1 is 1.43 bits per heavy atom. The molecule has 2 aliphatic rings. The molecule has 2 heteroatoms. The van der Waals surface area contributed by atoms with E-state index in [0.717, 1.165) is 6.04 Å². The van der Waals surface area contributed by atoms with Crippen molar-refractivity contribution >= 4 is 5.82 Å². The molecule has 0 N–H and O–H groups in total. The molecule has 1 aromatic heterocycles. The van der Waals surface area contributed by atoms with E-state index < -0.39 is 0 Å². The van der Waals surface area contributed by atoms with Crippen LogP contribution in [0.15, 0.2) is 18.3 Å². The highest BCUT2D eigenvalue weighted by Gasteiger charge is 2.35. The zero-order chi connectivity index (χ0) is 9.54. The second-order valence-corrected chi connectivity index (χ2v) is 4.53. The van der Waals surface area contributed by atoms with Crippen LogP contribution in [0.5, 0.6) is 0 Å². The summed E-state index contributed by atoms with van der Waals surface area (Å²) in [7, 11) is 0. The minimum atomic E-state index is 0.658. The third-order valence-corrected chi connectivity index (χ3v) is 3.57. The van der Waals surface area contributed by atoms with Gasteiger partial charge in [0.2, 0.25) is 0 Å². The molecule has 1 fully saturated rings. The molecule has 0 spiro atoms. The Balaban J connectivity index is 1.97. The lowest BCUT2D eigenvalue weighted by Gasteiger charge is -2.39. The first-order chi connectivity index (χ1) is 6.86. The highest BCUT2D eigenvalue weighted by molar-refractivity contribution is 5.54. The molecule has 1 aliphatic carbocycles. The summed E-state index contributed by atoms with van der Waals surface area (Å²) in [5.41, 5.74) is 1.44. The second-order valence-electron chi connectivity index (χ2n) is 4.53. The topological polar surface area (TPSA) is 16.1 Å². The van der Waals surface area contributed by atoms with E-state index in [9.17, 15) is 0 Å². The van der Waals surface area contributed by atoms with E-state index in [4.69, 9.17) is 0 Å². The average Bonchev–Trinajstić information content (AvgIpc) is 2.41. The van der Waals surface area contributed by atoms with Crippen molar-refractivity contribution in [1.82, 2.24) is 4.98 Å². The van der Waals surface area contributed by atoms with Gasteiger partial charge < -0.3 is 4.90 Å². The standard InChI is InChI=1S/C12H16N2/c1-9-8-10-4-3-7-13-12(10)14(9)11-5-2-6-11/h3-4,7,9,11H,2,5-6,8H2,1H3. The molecular weight excluding hydrogens is 172 g/mol. The summed E-state index contributed by atoms with van der Waals surface area (Å²) < 4.78 is 0. The van der Waals surface area contributed by atoms with Gasteiger partial charge in [-0.2, -0.15) is 0 Å². The van der Waals surface area contributed by atoms with E-state index in [-0.39, 0.29) is 0 Å². The Morgan fingerprint density at radius 2 is 2.29 bits per heavy atom. The predicted molar refractivity (Wildman–Crippen MR) is 57.5 cm³/mol. The number of pyridine rings is 1. The lowest BCUT2D eigenvalue weighted by Crippen LogP contribution is -2.43. The van der Waals surface area contributed by atoms with E-state index in [1.807, 2.05) is 6.20 Å². The molecular formula is C12H16N2. The highest BCUT2D eigenvalue weighted by atomic mass is 15.3. The van der Waals surface area contributed by atoms with Crippen molar-refractivity contribution in [2.75, 3.05) is 4.90 Å². The fourth-order valence-electron chi connectivity index (χ4n) is 2.65. The summed E-state index contributed by atoms with van der Waals surface area (Å²) in [6.07, 6.45) is 7.22. The number of fused-ring (bicyclic) bond motifs is 1. The summed E-state index contributed by atoms with van der Waals surface area (Å²) in [4.78, 5) is 7.06. The molecule has 14 heavy (non-hydrogen) atoms. The summed E-state index contributed by atoms with van der Waals surface area (Å²) in [6, 6.07) is 5.71. The number of aromatic nitrogens is 1. The van der Waals surface area contributed by atoms with E-state index in [1.54, 1.807) is 0 Å². The Bertz CT molecular complexity index is 342. The van der Waals surface area contributed by atoms with Gasteiger partial charge in [0.15, 0.2) is 0 Å². The van der Waals surface area contributed by atoms with E-state index in [1.165, 1.54) is 37.1 Å². The van der Waals surface area contributed by atoms with Gasteiger partial charge in [0.1, 0.15) is 5.82 Å². The second kappa shape index (κ2) is 2.97.